The molecule has 0 radical (unpaired) electrons. The van der Waals surface area contributed by atoms with E-state index in [0.717, 1.165) is 16.9 Å². The third-order valence-electron chi connectivity index (χ3n) is 5.84. The predicted octanol–water partition coefficient (Wildman–Crippen LogP) is 3.57. The molecule has 0 aliphatic carbocycles. The van der Waals surface area contributed by atoms with E-state index in [1.807, 2.05) is 38.1 Å². The van der Waals surface area contributed by atoms with Crippen LogP contribution < -0.4 is 16.0 Å². The Morgan fingerprint density at radius 2 is 1.76 bits per heavy atom. The molecule has 0 bridgehead atoms. The lowest BCUT2D eigenvalue weighted by atomic mass is 10.0. The Morgan fingerprint density at radius 3 is 2.48 bits per heavy atom. The maximum atomic E-state index is 13.1. The number of benzene rings is 2. The molecule has 0 saturated heterocycles. The summed E-state index contributed by atoms with van der Waals surface area (Å²) in [4.78, 5) is 43.1. The predicted molar refractivity (Wildman–Crippen MR) is 127 cm³/mol. The van der Waals surface area contributed by atoms with Crippen molar-refractivity contribution >= 4 is 34.4 Å². The molecule has 0 spiro atoms. The second kappa shape index (κ2) is 9.05. The Hall–Kier alpha value is -3.68. The van der Waals surface area contributed by atoms with Crippen molar-refractivity contribution in [3.8, 4) is 0 Å². The first-order valence-electron chi connectivity index (χ1n) is 11.2. The van der Waals surface area contributed by atoms with E-state index in [9.17, 15) is 14.4 Å². The Balaban J connectivity index is 1.56. The van der Waals surface area contributed by atoms with Gasteiger partial charge >= 0.3 is 0 Å². The minimum Gasteiger partial charge on any atom is -0.346 e. The zero-order chi connectivity index (χ0) is 23.7. The molecular formula is C25H29N5O3. The number of fused-ring (bicyclic) bond motifs is 2. The van der Waals surface area contributed by atoms with Gasteiger partial charge in [-0.05, 0) is 44.0 Å². The smallest absolute Gasteiger partial charge is 0.254 e. The van der Waals surface area contributed by atoms with Crippen LogP contribution in [0.5, 0.6) is 0 Å². The van der Waals surface area contributed by atoms with Crippen LogP contribution in [0.3, 0.4) is 0 Å². The average Bonchev–Trinajstić information content (AvgIpc) is 3.11. The molecule has 3 aromatic rings. The van der Waals surface area contributed by atoms with Gasteiger partial charge in [-0.25, -0.2) is 4.98 Å². The molecular weight excluding hydrogens is 418 g/mol. The highest BCUT2D eigenvalue weighted by Crippen LogP contribution is 2.29. The SMILES string of the molecule is CC(C)[C@@H](NC(=O)C[C@H]1NC(=O)c2ccccc2NC1=O)c1nc2ccccc2n1C(C)C. The third kappa shape index (κ3) is 4.46. The number of aromatic nitrogens is 2. The number of nitrogens with zero attached hydrogens (tertiary/aromatic N) is 2. The number of hydrogen-bond donors (Lipinski definition) is 3. The summed E-state index contributed by atoms with van der Waals surface area (Å²) in [6.45, 7) is 8.21. The first kappa shape index (κ1) is 22.5. The van der Waals surface area contributed by atoms with Gasteiger partial charge in [0.1, 0.15) is 11.9 Å². The Kier molecular flexibility index (Phi) is 6.18. The van der Waals surface area contributed by atoms with Crippen LogP contribution in [0.25, 0.3) is 11.0 Å². The highest BCUT2D eigenvalue weighted by Gasteiger charge is 2.31. The first-order chi connectivity index (χ1) is 15.8. The fourth-order valence-corrected chi connectivity index (χ4v) is 4.23. The van der Waals surface area contributed by atoms with Crippen molar-refractivity contribution in [2.45, 2.75) is 52.2 Å². The molecule has 8 heteroatoms. The maximum absolute atomic E-state index is 13.1. The molecule has 172 valence electrons. The average molecular weight is 448 g/mol. The normalized spacial score (nSPS) is 16.8. The van der Waals surface area contributed by atoms with Gasteiger partial charge in [-0.3, -0.25) is 14.4 Å². The number of hydrogen-bond acceptors (Lipinski definition) is 4. The highest BCUT2D eigenvalue weighted by atomic mass is 16.2. The van der Waals surface area contributed by atoms with Crippen LogP contribution in [0.15, 0.2) is 48.5 Å². The van der Waals surface area contributed by atoms with Crippen molar-refractivity contribution in [2.24, 2.45) is 5.92 Å². The minimum atomic E-state index is -0.971. The zero-order valence-corrected chi connectivity index (χ0v) is 19.3. The number of imidazole rings is 1. The van der Waals surface area contributed by atoms with Crippen molar-refractivity contribution in [3.63, 3.8) is 0 Å². The minimum absolute atomic E-state index is 0.0602. The van der Waals surface area contributed by atoms with Crippen LogP contribution in [-0.4, -0.2) is 33.3 Å². The molecule has 8 nitrogen and oxygen atoms in total. The van der Waals surface area contributed by atoms with Gasteiger partial charge < -0.3 is 20.5 Å². The Morgan fingerprint density at radius 1 is 1.06 bits per heavy atom. The summed E-state index contributed by atoms with van der Waals surface area (Å²) >= 11 is 0. The van der Waals surface area contributed by atoms with Crippen molar-refractivity contribution < 1.29 is 14.4 Å². The third-order valence-corrected chi connectivity index (χ3v) is 5.84. The molecule has 0 saturated carbocycles. The van der Waals surface area contributed by atoms with Gasteiger partial charge in [0.15, 0.2) is 0 Å². The van der Waals surface area contributed by atoms with E-state index in [1.165, 1.54) is 0 Å². The van der Waals surface area contributed by atoms with Crippen LogP contribution in [0.1, 0.15) is 62.4 Å². The number of carbonyl (C=O) groups is 3. The zero-order valence-electron chi connectivity index (χ0n) is 19.3. The maximum Gasteiger partial charge on any atom is 0.254 e. The van der Waals surface area contributed by atoms with Crippen molar-refractivity contribution in [2.75, 3.05) is 5.32 Å². The number of rotatable bonds is 6. The van der Waals surface area contributed by atoms with Crippen molar-refractivity contribution in [1.82, 2.24) is 20.2 Å². The van der Waals surface area contributed by atoms with E-state index in [4.69, 9.17) is 4.98 Å². The molecule has 4 rings (SSSR count). The van der Waals surface area contributed by atoms with E-state index >= 15 is 0 Å². The summed E-state index contributed by atoms with van der Waals surface area (Å²) in [7, 11) is 0. The largest absolute Gasteiger partial charge is 0.346 e. The lowest BCUT2D eigenvalue weighted by Crippen LogP contribution is -2.45. The van der Waals surface area contributed by atoms with E-state index < -0.39 is 11.9 Å². The van der Waals surface area contributed by atoms with Gasteiger partial charge in [0.2, 0.25) is 11.8 Å². The van der Waals surface area contributed by atoms with Crippen LogP contribution >= 0.6 is 0 Å². The molecule has 2 atom stereocenters. The summed E-state index contributed by atoms with van der Waals surface area (Å²) in [6, 6.07) is 13.5. The quantitative estimate of drug-likeness (QED) is 0.537. The summed E-state index contributed by atoms with van der Waals surface area (Å²) in [5, 5.41) is 8.48. The second-order valence-electron chi connectivity index (χ2n) is 8.98. The molecule has 0 fully saturated rings. The summed E-state index contributed by atoms with van der Waals surface area (Å²) in [5.41, 5.74) is 2.69. The van der Waals surface area contributed by atoms with Gasteiger partial charge in [-0.2, -0.15) is 0 Å². The Labute approximate surface area is 192 Å². The second-order valence-corrected chi connectivity index (χ2v) is 8.98. The summed E-state index contributed by atoms with van der Waals surface area (Å²) in [6.07, 6.45) is -0.170. The molecule has 3 amide bonds. The van der Waals surface area contributed by atoms with E-state index in [-0.39, 0.29) is 36.2 Å². The number of anilines is 1. The van der Waals surface area contributed by atoms with E-state index in [2.05, 4.69) is 34.4 Å². The molecule has 0 unspecified atom stereocenters. The number of carbonyl (C=O) groups excluding carboxylic acids is 3. The molecule has 33 heavy (non-hydrogen) atoms. The topological polar surface area (TPSA) is 105 Å². The first-order valence-corrected chi connectivity index (χ1v) is 11.2. The molecule has 1 aliphatic rings. The molecule has 1 aromatic heterocycles. The van der Waals surface area contributed by atoms with Gasteiger partial charge in [0.05, 0.1) is 34.7 Å². The fourth-order valence-electron chi connectivity index (χ4n) is 4.23. The van der Waals surface area contributed by atoms with Gasteiger partial charge in [-0.15, -0.1) is 0 Å². The van der Waals surface area contributed by atoms with Crippen molar-refractivity contribution in [1.29, 1.82) is 0 Å². The van der Waals surface area contributed by atoms with Gasteiger partial charge in [0.25, 0.3) is 5.91 Å². The van der Waals surface area contributed by atoms with E-state index in [1.54, 1.807) is 24.3 Å². The molecule has 3 N–H and O–H groups in total. The highest BCUT2D eigenvalue weighted by molar-refractivity contribution is 6.10. The summed E-state index contributed by atoms with van der Waals surface area (Å²) in [5.74, 6) is -0.299. The Bertz CT molecular complexity index is 1210. The molecule has 1 aliphatic heterocycles. The van der Waals surface area contributed by atoms with Crippen LogP contribution in [-0.2, 0) is 9.59 Å². The molecule has 2 heterocycles. The van der Waals surface area contributed by atoms with Crippen molar-refractivity contribution in [3.05, 3.63) is 59.9 Å². The summed E-state index contributed by atoms with van der Waals surface area (Å²) < 4.78 is 2.14. The lowest BCUT2D eigenvalue weighted by molar-refractivity contribution is -0.126. The number of para-hydroxylation sites is 3. The molecule has 2 aromatic carbocycles. The van der Waals surface area contributed by atoms with E-state index in [0.29, 0.717) is 11.3 Å². The number of amides is 3. The standard InChI is InChI=1S/C25H29N5O3/c1-14(2)22(23-26-18-11-7-8-12-20(18)30(23)15(3)4)29-21(31)13-19-25(33)27-17-10-6-5-9-16(17)24(32)28-19/h5-12,14-15,19,22H,13H2,1-4H3,(H,27,33)(H,28,32)(H,29,31)/t19-,22-/m1/s1. The fraction of sp³-hybridized carbons (Fsp3) is 0.360. The van der Waals surface area contributed by atoms with Crippen LogP contribution in [0, 0.1) is 5.92 Å². The monoisotopic (exact) mass is 447 g/mol. The van der Waals surface area contributed by atoms with Crippen LogP contribution in [0.2, 0.25) is 0 Å². The van der Waals surface area contributed by atoms with Crippen LogP contribution in [0.4, 0.5) is 5.69 Å². The number of nitrogens with one attached hydrogen (secondary N) is 3. The van der Waals surface area contributed by atoms with Gasteiger partial charge in [0, 0.05) is 6.04 Å². The lowest BCUT2D eigenvalue weighted by Gasteiger charge is -2.25. The van der Waals surface area contributed by atoms with Gasteiger partial charge in [-0.1, -0.05) is 38.1 Å².